The molecule has 0 aliphatic rings. The van der Waals surface area contributed by atoms with Crippen LogP contribution in [0.4, 0.5) is 36.4 Å². The molecular formula is C19H17F7N2O. The number of carbonyl (C=O) groups is 1. The number of hydrogen-bond donors (Lipinski definition) is 2. The molecule has 1 atom stereocenters. The highest BCUT2D eigenvalue weighted by Crippen LogP contribution is 2.56. The number of nitrogens with two attached hydrogens (primary N) is 1. The Kier molecular flexibility index (Phi) is 5.99. The van der Waals surface area contributed by atoms with Gasteiger partial charge in [-0.2, -0.15) is 26.3 Å². The Labute approximate surface area is 161 Å². The lowest BCUT2D eigenvalue weighted by atomic mass is 9.73. The number of benzene rings is 2. The van der Waals surface area contributed by atoms with Crippen LogP contribution in [0, 0.1) is 0 Å². The summed E-state index contributed by atoms with van der Waals surface area (Å²) in [4.78, 5) is 12.2. The Morgan fingerprint density at radius 2 is 1.45 bits per heavy atom. The monoisotopic (exact) mass is 422 g/mol. The van der Waals surface area contributed by atoms with E-state index in [1.54, 1.807) is 18.2 Å². The van der Waals surface area contributed by atoms with Crippen molar-refractivity contribution >= 4 is 11.6 Å². The predicted molar refractivity (Wildman–Crippen MR) is 92.9 cm³/mol. The van der Waals surface area contributed by atoms with E-state index in [1.165, 1.54) is 18.2 Å². The van der Waals surface area contributed by atoms with Crippen LogP contribution in [-0.2, 0) is 5.54 Å². The second kappa shape index (κ2) is 7.66. The van der Waals surface area contributed by atoms with Gasteiger partial charge in [0, 0.05) is 11.3 Å². The molecular weight excluding hydrogens is 405 g/mol. The largest absolute Gasteiger partial charge is 0.433 e. The van der Waals surface area contributed by atoms with Gasteiger partial charge in [-0.25, -0.2) is 4.39 Å². The molecule has 10 heteroatoms. The Balaban J connectivity index is 2.51. The lowest BCUT2D eigenvalue weighted by Crippen LogP contribution is -2.69. The Hall–Kier alpha value is -2.62. The van der Waals surface area contributed by atoms with Gasteiger partial charge in [0.25, 0.3) is 5.91 Å². The average molecular weight is 422 g/mol. The smallest absolute Gasteiger partial charge is 0.322 e. The van der Waals surface area contributed by atoms with E-state index in [0.717, 1.165) is 25.1 Å². The van der Waals surface area contributed by atoms with Crippen molar-refractivity contribution in [1.29, 1.82) is 0 Å². The van der Waals surface area contributed by atoms with Gasteiger partial charge in [-0.05, 0) is 36.2 Å². The van der Waals surface area contributed by atoms with E-state index in [-0.39, 0.29) is 11.3 Å². The normalized spacial score (nSPS) is 14.9. The Morgan fingerprint density at radius 3 is 1.93 bits per heavy atom. The van der Waals surface area contributed by atoms with Gasteiger partial charge in [0.05, 0.1) is 5.54 Å². The van der Waals surface area contributed by atoms with E-state index in [0.29, 0.717) is 0 Å². The highest BCUT2D eigenvalue weighted by molar-refractivity contribution is 6.04. The van der Waals surface area contributed by atoms with Crippen molar-refractivity contribution in [3.63, 3.8) is 0 Å². The molecule has 0 aromatic heterocycles. The Bertz CT molecular complexity index is 851. The SMILES string of the molecule is CCC(N)(c1cccc(NC(=O)c2ccccc2)c1)C(F)(C(F)(F)F)C(F)(F)F. The summed E-state index contributed by atoms with van der Waals surface area (Å²) in [5, 5.41) is 2.34. The van der Waals surface area contributed by atoms with Crippen LogP contribution in [0.2, 0.25) is 0 Å². The standard InChI is InChI=1S/C19H17F7N2O/c1-2-16(27,17(20,18(21,22)23)19(24,25)26)13-9-6-10-14(11-13)28-15(29)12-7-4-3-5-8-12/h3-11H,2,27H2,1H3,(H,28,29). The zero-order valence-electron chi connectivity index (χ0n) is 15.0. The summed E-state index contributed by atoms with van der Waals surface area (Å²) in [6.07, 6.45) is -13.7. The number of halogens is 7. The topological polar surface area (TPSA) is 55.1 Å². The molecule has 0 aliphatic heterocycles. The summed E-state index contributed by atoms with van der Waals surface area (Å²) in [6.45, 7) is 0.918. The molecule has 0 heterocycles. The fourth-order valence-electron chi connectivity index (χ4n) is 2.98. The molecule has 0 spiro atoms. The lowest BCUT2D eigenvalue weighted by Gasteiger charge is -2.44. The molecule has 0 aliphatic carbocycles. The number of amides is 1. The van der Waals surface area contributed by atoms with Crippen LogP contribution in [0.3, 0.4) is 0 Å². The second-order valence-corrected chi connectivity index (χ2v) is 6.38. The highest BCUT2D eigenvalue weighted by Gasteiger charge is 2.80. The third-order valence-corrected chi connectivity index (χ3v) is 4.63. The number of hydrogen-bond acceptors (Lipinski definition) is 2. The van der Waals surface area contributed by atoms with Crippen molar-refractivity contribution in [2.45, 2.75) is 36.9 Å². The zero-order chi connectivity index (χ0) is 22.1. The highest BCUT2D eigenvalue weighted by atomic mass is 19.4. The molecule has 29 heavy (non-hydrogen) atoms. The van der Waals surface area contributed by atoms with Crippen LogP contribution >= 0.6 is 0 Å². The molecule has 2 rings (SSSR count). The first kappa shape index (κ1) is 22.7. The molecule has 158 valence electrons. The summed E-state index contributed by atoms with van der Waals surface area (Å²) < 4.78 is 94.3. The second-order valence-electron chi connectivity index (χ2n) is 6.38. The predicted octanol–water partition coefficient (Wildman–Crippen LogP) is 5.34. The lowest BCUT2D eigenvalue weighted by molar-refractivity contribution is -0.363. The van der Waals surface area contributed by atoms with Crippen molar-refractivity contribution < 1.29 is 35.5 Å². The van der Waals surface area contributed by atoms with E-state index in [9.17, 15) is 35.5 Å². The van der Waals surface area contributed by atoms with Crippen LogP contribution in [0.1, 0.15) is 29.3 Å². The molecule has 2 aromatic rings. The molecule has 3 nitrogen and oxygen atoms in total. The Morgan fingerprint density at radius 1 is 0.897 bits per heavy atom. The van der Waals surface area contributed by atoms with Gasteiger partial charge in [0.15, 0.2) is 0 Å². The number of anilines is 1. The van der Waals surface area contributed by atoms with E-state index in [4.69, 9.17) is 5.73 Å². The molecule has 0 saturated heterocycles. The molecule has 1 unspecified atom stereocenters. The van der Waals surface area contributed by atoms with Gasteiger partial charge in [-0.15, -0.1) is 0 Å². The van der Waals surface area contributed by atoms with Crippen LogP contribution < -0.4 is 11.1 Å². The molecule has 0 saturated carbocycles. The van der Waals surface area contributed by atoms with Crippen LogP contribution in [0.15, 0.2) is 54.6 Å². The number of nitrogens with one attached hydrogen (secondary N) is 1. The number of carbonyl (C=O) groups excluding carboxylic acids is 1. The molecule has 0 radical (unpaired) electrons. The maximum absolute atomic E-state index is 14.7. The fraction of sp³-hybridized carbons (Fsp3) is 0.316. The molecule has 1 amide bonds. The third kappa shape index (κ3) is 3.93. The van der Waals surface area contributed by atoms with Crippen LogP contribution in [-0.4, -0.2) is 23.9 Å². The first-order valence-electron chi connectivity index (χ1n) is 8.36. The van der Waals surface area contributed by atoms with E-state index in [1.807, 2.05) is 0 Å². The summed E-state index contributed by atoms with van der Waals surface area (Å²) in [5.41, 5.74) is -4.42. The van der Waals surface area contributed by atoms with Crippen molar-refractivity contribution in [2.75, 3.05) is 5.32 Å². The quantitative estimate of drug-likeness (QED) is 0.640. The van der Waals surface area contributed by atoms with Gasteiger partial charge in [0.2, 0.25) is 0 Å². The van der Waals surface area contributed by atoms with Gasteiger partial charge >= 0.3 is 18.0 Å². The van der Waals surface area contributed by atoms with Gasteiger partial charge < -0.3 is 11.1 Å². The molecule has 3 N–H and O–H groups in total. The zero-order valence-corrected chi connectivity index (χ0v) is 15.0. The summed E-state index contributed by atoms with van der Waals surface area (Å²) in [6, 6.07) is 11.7. The minimum Gasteiger partial charge on any atom is -0.322 e. The molecule has 0 bridgehead atoms. The summed E-state index contributed by atoms with van der Waals surface area (Å²) in [7, 11) is 0. The van der Waals surface area contributed by atoms with Gasteiger partial charge in [-0.1, -0.05) is 37.3 Å². The van der Waals surface area contributed by atoms with E-state index in [2.05, 4.69) is 5.32 Å². The van der Waals surface area contributed by atoms with Crippen LogP contribution in [0.25, 0.3) is 0 Å². The first-order valence-corrected chi connectivity index (χ1v) is 8.36. The van der Waals surface area contributed by atoms with Crippen LogP contribution in [0.5, 0.6) is 0 Å². The van der Waals surface area contributed by atoms with E-state index >= 15 is 0 Å². The van der Waals surface area contributed by atoms with E-state index < -0.39 is 41.5 Å². The minimum absolute atomic E-state index is 0.133. The molecule has 2 aromatic carbocycles. The van der Waals surface area contributed by atoms with Gasteiger partial charge in [0.1, 0.15) is 0 Å². The van der Waals surface area contributed by atoms with Crippen molar-refractivity contribution in [1.82, 2.24) is 0 Å². The average Bonchev–Trinajstić information content (AvgIpc) is 2.65. The molecule has 0 fully saturated rings. The number of alkyl halides is 7. The van der Waals surface area contributed by atoms with Gasteiger partial charge in [-0.3, -0.25) is 4.79 Å². The minimum atomic E-state index is -6.32. The van der Waals surface area contributed by atoms with Crippen molar-refractivity contribution in [3.05, 3.63) is 65.7 Å². The third-order valence-electron chi connectivity index (χ3n) is 4.63. The van der Waals surface area contributed by atoms with Crippen molar-refractivity contribution in [2.24, 2.45) is 5.73 Å². The number of rotatable bonds is 5. The maximum Gasteiger partial charge on any atom is 0.433 e. The van der Waals surface area contributed by atoms with Crippen molar-refractivity contribution in [3.8, 4) is 0 Å². The maximum atomic E-state index is 14.7. The first-order chi connectivity index (χ1) is 13.3. The summed E-state index contributed by atoms with van der Waals surface area (Å²) in [5.74, 6) is -0.653. The fourth-order valence-corrected chi connectivity index (χ4v) is 2.98. The summed E-state index contributed by atoms with van der Waals surface area (Å²) >= 11 is 0.